The number of hydrogen-bond donors (Lipinski definition) is 4. The van der Waals surface area contributed by atoms with Crippen molar-refractivity contribution in [3.05, 3.63) is 71.8 Å². The van der Waals surface area contributed by atoms with Crippen LogP contribution in [0.2, 0.25) is 0 Å². The largest absolute Gasteiger partial charge is 0.480 e. The van der Waals surface area contributed by atoms with Gasteiger partial charge in [-0.25, -0.2) is 0 Å². The van der Waals surface area contributed by atoms with Crippen LogP contribution in [0.25, 0.3) is 0 Å². The number of nitrogens with one attached hydrogen (secondary N) is 2. The Labute approximate surface area is 188 Å². The van der Waals surface area contributed by atoms with E-state index in [4.69, 9.17) is 9.47 Å². The van der Waals surface area contributed by atoms with Gasteiger partial charge in [-0.1, -0.05) is 60.7 Å². The normalized spacial score (nSPS) is 12.9. The zero-order valence-electron chi connectivity index (χ0n) is 18.1. The van der Waals surface area contributed by atoms with E-state index in [1.165, 1.54) is 0 Å². The fourth-order valence-electron chi connectivity index (χ4n) is 3.00. The van der Waals surface area contributed by atoms with Gasteiger partial charge in [0.05, 0.1) is 26.4 Å². The van der Waals surface area contributed by atoms with Crippen LogP contribution in [0.1, 0.15) is 11.1 Å². The summed E-state index contributed by atoms with van der Waals surface area (Å²) in [7, 11) is 0. The Morgan fingerprint density at radius 1 is 0.688 bits per heavy atom. The molecule has 2 aromatic rings. The molecule has 2 aromatic carbocycles. The van der Waals surface area contributed by atoms with Crippen molar-refractivity contribution in [1.29, 1.82) is 0 Å². The third-order valence-electron chi connectivity index (χ3n) is 4.83. The molecule has 8 heteroatoms. The number of ether oxygens (including phenoxy) is 2. The minimum atomic E-state index is -1.01. The molecule has 32 heavy (non-hydrogen) atoms. The number of aliphatic carboxylic acids is 2. The molecular formula is C24H32N2O6. The first kappa shape index (κ1) is 25.5. The summed E-state index contributed by atoms with van der Waals surface area (Å²) in [5, 5.41) is 24.5. The van der Waals surface area contributed by atoms with Gasteiger partial charge >= 0.3 is 11.9 Å². The summed E-state index contributed by atoms with van der Waals surface area (Å²) in [5.41, 5.74) is 2.25. The number of carbonyl (C=O) groups is 2. The minimum absolute atomic E-state index is 0.0348. The van der Waals surface area contributed by atoms with Gasteiger partial charge in [-0.3, -0.25) is 9.59 Å². The molecule has 2 rings (SSSR count). The van der Waals surface area contributed by atoms with E-state index < -0.39 is 24.0 Å². The van der Waals surface area contributed by atoms with Crippen molar-refractivity contribution in [3.8, 4) is 0 Å². The van der Waals surface area contributed by atoms with Crippen LogP contribution in [0.5, 0.6) is 0 Å². The molecule has 0 aromatic heterocycles. The van der Waals surface area contributed by atoms with Gasteiger partial charge in [-0.15, -0.1) is 0 Å². The third-order valence-corrected chi connectivity index (χ3v) is 4.83. The summed E-state index contributed by atoms with van der Waals surface area (Å²) in [6.45, 7) is 1.49. The molecular weight excluding hydrogens is 412 g/mol. The maximum absolute atomic E-state index is 11.4. The molecule has 0 aliphatic carbocycles. The molecule has 8 nitrogen and oxygen atoms in total. The molecule has 2 atom stereocenters. The van der Waals surface area contributed by atoms with Gasteiger partial charge in [-0.2, -0.15) is 0 Å². The first-order chi connectivity index (χ1) is 15.6. The van der Waals surface area contributed by atoms with Crippen LogP contribution < -0.4 is 10.6 Å². The van der Waals surface area contributed by atoms with E-state index in [2.05, 4.69) is 10.6 Å². The van der Waals surface area contributed by atoms with Crippen LogP contribution in [-0.4, -0.2) is 73.8 Å². The first-order valence-corrected chi connectivity index (χ1v) is 10.7. The van der Waals surface area contributed by atoms with E-state index in [9.17, 15) is 19.8 Å². The number of carboxylic acid groups (broad SMARTS) is 2. The molecule has 0 aliphatic heterocycles. The minimum Gasteiger partial charge on any atom is -0.480 e. The number of carboxylic acids is 2. The van der Waals surface area contributed by atoms with Gasteiger partial charge in [-0.05, 0) is 24.0 Å². The number of hydrogen-bond acceptors (Lipinski definition) is 6. The molecule has 0 saturated heterocycles. The predicted octanol–water partition coefficient (Wildman–Crippen LogP) is 1.59. The average Bonchev–Trinajstić information content (AvgIpc) is 2.80. The Morgan fingerprint density at radius 3 is 1.41 bits per heavy atom. The average molecular weight is 445 g/mol. The van der Waals surface area contributed by atoms with Crippen molar-refractivity contribution < 1.29 is 29.3 Å². The summed E-state index contributed by atoms with van der Waals surface area (Å²) in [4.78, 5) is 22.8. The van der Waals surface area contributed by atoms with Crippen LogP contribution in [0, 0.1) is 0 Å². The van der Waals surface area contributed by atoms with Crippen molar-refractivity contribution in [3.63, 3.8) is 0 Å². The highest BCUT2D eigenvalue weighted by Crippen LogP contribution is 2.01. The molecule has 2 unspecified atom stereocenters. The topological polar surface area (TPSA) is 117 Å². The molecule has 0 bridgehead atoms. The van der Waals surface area contributed by atoms with Crippen molar-refractivity contribution >= 4 is 11.9 Å². The highest BCUT2D eigenvalue weighted by molar-refractivity contribution is 5.74. The van der Waals surface area contributed by atoms with Crippen LogP contribution in [-0.2, 0) is 31.9 Å². The van der Waals surface area contributed by atoms with E-state index in [0.717, 1.165) is 11.1 Å². The van der Waals surface area contributed by atoms with Crippen LogP contribution in [0.4, 0.5) is 0 Å². The lowest BCUT2D eigenvalue weighted by Crippen LogP contribution is -2.47. The van der Waals surface area contributed by atoms with Gasteiger partial charge in [0.2, 0.25) is 0 Å². The lowest BCUT2D eigenvalue weighted by atomic mass is 10.2. The second kappa shape index (κ2) is 15.1. The Morgan fingerprint density at radius 2 is 1.06 bits per heavy atom. The monoisotopic (exact) mass is 444 g/mol. The smallest absolute Gasteiger partial charge is 0.323 e. The zero-order chi connectivity index (χ0) is 23.0. The second-order valence-corrected chi connectivity index (χ2v) is 7.31. The molecule has 0 amide bonds. The summed E-state index contributed by atoms with van der Waals surface area (Å²) in [5.74, 6) is -2.02. The molecule has 0 saturated carbocycles. The Balaban J connectivity index is 1.60. The van der Waals surface area contributed by atoms with Crippen LogP contribution in [0.15, 0.2) is 60.7 Å². The van der Waals surface area contributed by atoms with Crippen molar-refractivity contribution in [2.45, 2.75) is 24.9 Å². The zero-order valence-corrected chi connectivity index (χ0v) is 18.1. The van der Waals surface area contributed by atoms with Crippen molar-refractivity contribution in [2.24, 2.45) is 0 Å². The molecule has 0 fully saturated rings. The number of rotatable bonds is 17. The predicted molar refractivity (Wildman–Crippen MR) is 121 cm³/mol. The van der Waals surface area contributed by atoms with E-state index in [-0.39, 0.29) is 26.3 Å². The highest BCUT2D eigenvalue weighted by Gasteiger charge is 2.19. The molecule has 4 N–H and O–H groups in total. The molecule has 174 valence electrons. The maximum atomic E-state index is 11.4. The summed E-state index contributed by atoms with van der Waals surface area (Å²) in [6.07, 6.45) is 1.42. The van der Waals surface area contributed by atoms with Crippen LogP contribution in [0.3, 0.4) is 0 Å². The molecule has 0 spiro atoms. The van der Waals surface area contributed by atoms with E-state index in [1.807, 2.05) is 60.7 Å². The second-order valence-electron chi connectivity index (χ2n) is 7.31. The molecule has 0 radical (unpaired) electrons. The van der Waals surface area contributed by atoms with Gasteiger partial charge in [0.25, 0.3) is 0 Å². The molecule has 0 heterocycles. The van der Waals surface area contributed by atoms with E-state index in [0.29, 0.717) is 26.1 Å². The first-order valence-electron chi connectivity index (χ1n) is 10.7. The Kier molecular flexibility index (Phi) is 12.0. The summed E-state index contributed by atoms with van der Waals surface area (Å²) < 4.78 is 11.0. The lowest BCUT2D eigenvalue weighted by molar-refractivity contribution is -0.142. The third kappa shape index (κ3) is 10.5. The maximum Gasteiger partial charge on any atom is 0.323 e. The standard InChI is InChI=1S/C24H32N2O6/c27-23(28)21(17-31-15-11-19-7-3-1-4-8-19)25-13-14-26-22(24(29)30)18-32-16-12-20-9-5-2-6-10-20/h1-10,21-22,25-26H,11-18H2,(H,27,28)(H,29,30). The quantitative estimate of drug-likeness (QED) is 0.272. The summed E-state index contributed by atoms with van der Waals surface area (Å²) in [6, 6.07) is 17.9. The fourth-order valence-corrected chi connectivity index (χ4v) is 3.00. The van der Waals surface area contributed by atoms with Gasteiger partial charge < -0.3 is 30.3 Å². The van der Waals surface area contributed by atoms with E-state index in [1.54, 1.807) is 0 Å². The lowest BCUT2D eigenvalue weighted by Gasteiger charge is -2.17. The van der Waals surface area contributed by atoms with Crippen LogP contribution >= 0.6 is 0 Å². The van der Waals surface area contributed by atoms with Crippen molar-refractivity contribution in [1.82, 2.24) is 10.6 Å². The van der Waals surface area contributed by atoms with Gasteiger partial charge in [0.15, 0.2) is 0 Å². The molecule has 0 aliphatic rings. The Bertz CT molecular complexity index is 720. The summed E-state index contributed by atoms with van der Waals surface area (Å²) >= 11 is 0. The Hall–Kier alpha value is -2.78. The van der Waals surface area contributed by atoms with Gasteiger partial charge in [0.1, 0.15) is 12.1 Å². The SMILES string of the molecule is O=C(O)C(COCCc1ccccc1)NCCNC(COCCc1ccccc1)C(=O)O. The number of benzene rings is 2. The highest BCUT2D eigenvalue weighted by atomic mass is 16.5. The fraction of sp³-hybridized carbons (Fsp3) is 0.417. The van der Waals surface area contributed by atoms with E-state index >= 15 is 0 Å². The van der Waals surface area contributed by atoms with Crippen molar-refractivity contribution in [2.75, 3.05) is 39.5 Å². The van der Waals surface area contributed by atoms with Gasteiger partial charge in [0, 0.05) is 13.1 Å².